The number of aryl methyl sites for hydroxylation is 2. The Balaban J connectivity index is 0.000000285. The van der Waals surface area contributed by atoms with E-state index in [0.717, 1.165) is 77.7 Å². The Morgan fingerprint density at radius 1 is 0.709 bits per heavy atom. The van der Waals surface area contributed by atoms with Crippen molar-refractivity contribution in [3.63, 3.8) is 0 Å². The average Bonchev–Trinajstić information content (AvgIpc) is 3.95. The van der Waals surface area contributed by atoms with E-state index in [1.165, 1.54) is 11.0 Å². The molecule has 8 rings (SSSR count). The highest BCUT2D eigenvalue weighted by Crippen LogP contribution is 2.40. The van der Waals surface area contributed by atoms with Gasteiger partial charge >= 0.3 is 6.09 Å². The minimum Gasteiger partial charge on any atom is -0.494 e. The number of nitrogen functional groups attached to an aromatic ring is 1. The van der Waals surface area contributed by atoms with Crippen LogP contribution in [0.5, 0.6) is 11.5 Å². The first kappa shape index (κ1) is 60.1. The van der Waals surface area contributed by atoms with Crippen molar-refractivity contribution in [3.8, 4) is 34.0 Å². The topological polar surface area (TPSA) is 198 Å². The van der Waals surface area contributed by atoms with Crippen molar-refractivity contribution < 1.29 is 25.2 Å². The van der Waals surface area contributed by atoms with Crippen molar-refractivity contribution in [2.75, 3.05) is 107 Å². The molecule has 0 bridgehead atoms. The van der Waals surface area contributed by atoms with Crippen LogP contribution in [0.25, 0.3) is 44.3 Å². The summed E-state index contributed by atoms with van der Waals surface area (Å²) in [5, 5.41) is 11.7. The van der Waals surface area contributed by atoms with E-state index < -0.39 is 11.7 Å². The number of hydrogen-bond donors (Lipinski definition) is 4. The second-order valence-electron chi connectivity index (χ2n) is 19.6. The largest absolute Gasteiger partial charge is 0.494 e. The Hall–Kier alpha value is -8.18. The zero-order valence-electron chi connectivity index (χ0n) is 46.8. The van der Waals surface area contributed by atoms with E-state index >= 15 is 0 Å². The van der Waals surface area contributed by atoms with Crippen molar-refractivity contribution in [1.29, 1.82) is 0 Å². The monoisotopic (exact) mass is 1130 g/mol. The smallest absolute Gasteiger partial charge is 0.410 e. The number of likely N-dealkylation sites (N-methyl/N-ethyl adjacent to an activating group) is 4. The van der Waals surface area contributed by atoms with Crippen LogP contribution in [0.4, 0.5) is 50.8 Å². The summed E-state index contributed by atoms with van der Waals surface area (Å²) >= 11 is 8.25. The molecule has 8 aromatic rings. The van der Waals surface area contributed by atoms with Crippen LogP contribution >= 0.6 is 0 Å². The Morgan fingerprint density at radius 3 is 1.66 bits per heavy atom. The molecule has 0 saturated heterocycles. The minimum atomic E-state index is -0.590. The average molecular weight is 1130 g/mol. The molecule has 0 saturated carbocycles. The van der Waals surface area contributed by atoms with Gasteiger partial charge in [0.05, 0.1) is 59.7 Å². The third kappa shape index (κ3) is 15.7. The number of rotatable bonds is 18. The molecule has 79 heavy (non-hydrogen) atoms. The SMILES string of the molecule is C=CC(=O)Nc1cc(Nc2nccc(-c3cn(C)c4ccccc34)n2)c(OC)cc1N(C)CCN(C)C(=O)OC(C)(C)C.COc1cc(N(C)CCN(C)C)c(N)cc1Nc1nccc(-c2cn(C)c3ccccc23)n1.S=S=S.[3HH]. The molecular formula is C57H72N14O5S3. The van der Waals surface area contributed by atoms with Crippen LogP contribution < -0.4 is 41.0 Å². The number of fused-ring (bicyclic) bond motifs is 2. The van der Waals surface area contributed by atoms with Gasteiger partial charge in [0, 0.05) is 164 Å². The third-order valence-corrected chi connectivity index (χ3v) is 12.4. The van der Waals surface area contributed by atoms with E-state index in [0.29, 0.717) is 59.2 Å². The summed E-state index contributed by atoms with van der Waals surface area (Å²) in [6.07, 6.45) is 8.38. The fourth-order valence-corrected chi connectivity index (χ4v) is 8.41. The second kappa shape index (κ2) is 27.4. The van der Waals surface area contributed by atoms with Crippen LogP contribution in [0.15, 0.2) is 122 Å². The van der Waals surface area contributed by atoms with E-state index in [-0.39, 0.29) is 7.33 Å². The summed E-state index contributed by atoms with van der Waals surface area (Å²) in [7, 11) is 17.9. The van der Waals surface area contributed by atoms with E-state index in [9.17, 15) is 9.59 Å². The number of amides is 2. The maximum absolute atomic E-state index is 12.4. The first-order chi connectivity index (χ1) is 37.7. The summed E-state index contributed by atoms with van der Waals surface area (Å²) in [5.41, 5.74) is 15.8. The van der Waals surface area contributed by atoms with Gasteiger partial charge < -0.3 is 64.6 Å². The van der Waals surface area contributed by atoms with E-state index in [1.807, 2.05) is 115 Å². The summed E-state index contributed by atoms with van der Waals surface area (Å²) in [6, 6.07) is 27.6. The fraction of sp³-hybridized carbons (Fsp3) is 0.298. The van der Waals surface area contributed by atoms with Gasteiger partial charge in [0.2, 0.25) is 17.8 Å². The zero-order valence-corrected chi connectivity index (χ0v) is 49.3. The summed E-state index contributed by atoms with van der Waals surface area (Å²) in [5.74, 6) is 1.66. The molecule has 0 aliphatic heterocycles. The highest BCUT2D eigenvalue weighted by atomic mass is 33.1. The first-order valence-corrected chi connectivity index (χ1v) is 27.7. The number of nitrogens with one attached hydrogen (secondary N) is 3. The highest BCUT2D eigenvalue weighted by molar-refractivity contribution is 8.37. The maximum atomic E-state index is 12.4. The predicted octanol–water partition coefficient (Wildman–Crippen LogP) is 10.0. The Morgan fingerprint density at radius 2 is 1.18 bits per heavy atom. The predicted molar refractivity (Wildman–Crippen MR) is 332 cm³/mol. The van der Waals surface area contributed by atoms with Gasteiger partial charge in [0.1, 0.15) is 17.1 Å². The number of aromatic nitrogens is 6. The lowest BCUT2D eigenvalue weighted by Crippen LogP contribution is -2.38. The van der Waals surface area contributed by atoms with E-state index in [2.05, 4.69) is 118 Å². The molecule has 0 radical (unpaired) electrons. The number of carbonyl (C=O) groups excluding carboxylic acids is 2. The molecule has 4 aromatic carbocycles. The van der Waals surface area contributed by atoms with Gasteiger partial charge in [-0.25, -0.2) is 24.7 Å². The molecule has 4 heterocycles. The Kier molecular flexibility index (Phi) is 20.8. The number of anilines is 8. The Labute approximate surface area is 476 Å². The van der Waals surface area contributed by atoms with Crippen molar-refractivity contribution in [1.82, 2.24) is 38.9 Å². The molecule has 5 N–H and O–H groups in total. The van der Waals surface area contributed by atoms with Crippen LogP contribution in [-0.2, 0) is 54.9 Å². The molecule has 2 amide bonds. The molecule has 0 atom stereocenters. The van der Waals surface area contributed by atoms with Gasteiger partial charge in [-0.15, -0.1) is 0 Å². The molecule has 0 fully saturated rings. The van der Waals surface area contributed by atoms with E-state index in [4.69, 9.17) is 29.9 Å². The molecule has 19 nitrogen and oxygen atoms in total. The van der Waals surface area contributed by atoms with Gasteiger partial charge in [-0.2, -0.15) is 0 Å². The quantitative estimate of drug-likeness (QED) is 0.0467. The number of carbonyl (C=O) groups is 2. The molecule has 418 valence electrons. The van der Waals surface area contributed by atoms with E-state index in [1.54, 1.807) is 39.7 Å². The van der Waals surface area contributed by atoms with Gasteiger partial charge in [-0.05, 0) is 77.3 Å². The zero-order chi connectivity index (χ0) is 57.6. The summed E-state index contributed by atoms with van der Waals surface area (Å²) in [6.45, 7) is 11.7. The molecule has 0 aliphatic carbocycles. The minimum absolute atomic E-state index is 0. The van der Waals surface area contributed by atoms with Gasteiger partial charge in [-0.1, -0.05) is 43.0 Å². The summed E-state index contributed by atoms with van der Waals surface area (Å²) in [4.78, 5) is 50.9. The van der Waals surface area contributed by atoms with Gasteiger partial charge in [0.25, 0.3) is 0 Å². The van der Waals surface area contributed by atoms with Crippen molar-refractivity contribution in [2.45, 2.75) is 26.4 Å². The molecule has 0 spiro atoms. The third-order valence-electron chi connectivity index (χ3n) is 12.4. The van der Waals surface area contributed by atoms with Crippen LogP contribution in [0, 0.1) is 0 Å². The summed E-state index contributed by atoms with van der Waals surface area (Å²) < 4.78 is 21.0. The van der Waals surface area contributed by atoms with Crippen molar-refractivity contribution >= 4 is 111 Å². The first-order valence-electron chi connectivity index (χ1n) is 25.0. The number of nitrogens with zero attached hydrogens (tertiary/aromatic N) is 10. The number of ether oxygens (including phenoxy) is 3. The number of para-hydroxylation sites is 2. The molecule has 22 heteroatoms. The van der Waals surface area contributed by atoms with Crippen molar-refractivity contribution in [3.05, 3.63) is 122 Å². The van der Waals surface area contributed by atoms with Crippen LogP contribution in [0.3, 0.4) is 0 Å². The van der Waals surface area contributed by atoms with Crippen LogP contribution in [0.1, 0.15) is 22.2 Å². The lowest BCUT2D eigenvalue weighted by Gasteiger charge is -2.28. The molecule has 0 unspecified atom stereocenters. The lowest BCUT2D eigenvalue weighted by atomic mass is 10.1. The van der Waals surface area contributed by atoms with Crippen molar-refractivity contribution in [2.24, 2.45) is 14.1 Å². The maximum Gasteiger partial charge on any atom is 0.410 e. The number of nitrogens with two attached hydrogens (primary N) is 1. The number of hydrogen-bond acceptors (Lipinski definition) is 17. The highest BCUT2D eigenvalue weighted by Gasteiger charge is 2.22. The second-order valence-corrected chi connectivity index (χ2v) is 21.4. The van der Waals surface area contributed by atoms with Crippen LogP contribution in [-0.4, -0.2) is 132 Å². The number of benzene rings is 4. The Bertz CT molecular complexity index is 3470. The standard InChI is InChI=1S/C32H39N7O4.C25H31N7O.S3.H2/c1-9-29(40)34-24-18-25(28(42-8)19-27(24)37(5)16-17-38(6)31(41)43-32(2,3)4)36-30-33-15-14-23(35-30)22-20-39(7)26-13-11-10-12-21(22)26;1-30(2)12-13-31(3)23-15-24(33-5)21(14-19(23)26)29-25-27-11-10-20(28-25)18-16-32(4)22-9-7-6-8-17(18)22;1-3-2;/h9-15,18-20H,1,16-17H2,2-8H3,(H,34,40)(H,33,35,36);6-11,14-16H,12-13,26H2,1-5H3,(H,27,28,29);;1H/i;;;1+2. The fourth-order valence-electron chi connectivity index (χ4n) is 8.41. The molecule has 0 aliphatic rings. The van der Waals surface area contributed by atoms with Gasteiger partial charge in [-0.3, -0.25) is 4.79 Å². The van der Waals surface area contributed by atoms with Gasteiger partial charge in [0.15, 0.2) is 0 Å². The molecular weight excluding hydrogens is 1060 g/mol. The normalized spacial score (nSPS) is 10.9. The molecule has 4 aromatic heterocycles. The number of methoxy groups -OCH3 is 2. The van der Waals surface area contributed by atoms with Crippen LogP contribution in [0.2, 0.25) is 0 Å². The lowest BCUT2D eigenvalue weighted by molar-refractivity contribution is -0.111.